The molecule has 2 aromatic rings. The van der Waals surface area contributed by atoms with Gasteiger partial charge < -0.3 is 5.11 Å². The number of hydrogen-bond donors (Lipinski definition) is 1. The lowest BCUT2D eigenvalue weighted by atomic mass is 10.1. The van der Waals surface area contributed by atoms with Gasteiger partial charge in [0, 0.05) is 10.7 Å². The molecule has 1 aromatic carbocycles. The largest absolute Gasteiger partial charge is 0.383 e. The highest BCUT2D eigenvalue weighted by Crippen LogP contribution is 2.25. The molecule has 1 aromatic heterocycles. The van der Waals surface area contributed by atoms with Crippen molar-refractivity contribution in [3.05, 3.63) is 50.9 Å². The second-order valence-electron chi connectivity index (χ2n) is 2.86. The Morgan fingerprint density at radius 2 is 2.00 bits per heavy atom. The normalized spacial score (nSPS) is 12.7. The van der Waals surface area contributed by atoms with Crippen LogP contribution in [0.4, 0.5) is 0 Å². The number of aromatic nitrogens is 1. The van der Waals surface area contributed by atoms with Gasteiger partial charge in [-0.25, -0.2) is 0 Å². The maximum Gasteiger partial charge on any atom is 0.115 e. The fourth-order valence-electron chi connectivity index (χ4n) is 1.17. The molecule has 4 heteroatoms. The van der Waals surface area contributed by atoms with Crippen LogP contribution in [0.5, 0.6) is 0 Å². The average Bonchev–Trinajstić information content (AvgIpc) is 2.71. The van der Waals surface area contributed by atoms with Crippen LogP contribution < -0.4 is 0 Å². The molecule has 1 heterocycles. The summed E-state index contributed by atoms with van der Waals surface area (Å²) in [5.41, 5.74) is 2.61. The van der Waals surface area contributed by atoms with E-state index in [9.17, 15) is 5.11 Å². The topological polar surface area (TPSA) is 33.1 Å². The average molecular weight is 270 g/mol. The minimum atomic E-state index is -0.560. The number of rotatable bonds is 2. The summed E-state index contributed by atoms with van der Waals surface area (Å²) in [6.07, 6.45) is 1.13. The zero-order chi connectivity index (χ0) is 9.97. The van der Waals surface area contributed by atoms with Crippen molar-refractivity contribution in [2.45, 2.75) is 6.10 Å². The Morgan fingerprint density at radius 1 is 1.29 bits per heavy atom. The van der Waals surface area contributed by atoms with E-state index in [1.807, 2.05) is 24.3 Å². The van der Waals surface area contributed by atoms with Crippen LogP contribution in [0.3, 0.4) is 0 Å². The molecule has 0 bridgehead atoms. The summed E-state index contributed by atoms with van der Waals surface area (Å²) in [4.78, 5) is 4.80. The fourth-order valence-corrected chi connectivity index (χ4v) is 2.06. The zero-order valence-electron chi connectivity index (χ0n) is 7.22. The van der Waals surface area contributed by atoms with Gasteiger partial charge in [-0.2, -0.15) is 0 Å². The summed E-state index contributed by atoms with van der Waals surface area (Å²) in [5.74, 6) is 0. The number of halogens is 1. The van der Waals surface area contributed by atoms with E-state index >= 15 is 0 Å². The third kappa shape index (κ3) is 2.03. The number of benzene rings is 1. The lowest BCUT2D eigenvalue weighted by molar-refractivity contribution is 0.224. The smallest absolute Gasteiger partial charge is 0.115 e. The Morgan fingerprint density at radius 3 is 2.57 bits per heavy atom. The summed E-state index contributed by atoms with van der Waals surface area (Å²) in [5, 5.41) is 9.93. The molecule has 0 aliphatic rings. The quantitative estimate of drug-likeness (QED) is 0.910. The molecule has 72 valence electrons. The minimum Gasteiger partial charge on any atom is -0.383 e. The minimum absolute atomic E-state index is 0.560. The van der Waals surface area contributed by atoms with Crippen LogP contribution in [0, 0.1) is 0 Å². The van der Waals surface area contributed by atoms with E-state index in [1.165, 1.54) is 11.3 Å². The summed E-state index contributed by atoms with van der Waals surface area (Å²) >= 11 is 4.81. The van der Waals surface area contributed by atoms with Crippen LogP contribution in [0.15, 0.2) is 40.4 Å². The molecule has 14 heavy (non-hydrogen) atoms. The molecule has 2 rings (SSSR count). The number of hydrogen-bond acceptors (Lipinski definition) is 3. The Bertz CT molecular complexity index is 399. The first-order chi connectivity index (χ1) is 6.77. The van der Waals surface area contributed by atoms with Crippen LogP contribution in [0.25, 0.3) is 0 Å². The summed E-state index contributed by atoms with van der Waals surface area (Å²) in [6.45, 7) is 0. The van der Waals surface area contributed by atoms with Gasteiger partial charge in [0.2, 0.25) is 0 Å². The van der Waals surface area contributed by atoms with Gasteiger partial charge in [-0.15, -0.1) is 11.3 Å². The van der Waals surface area contributed by atoms with Crippen molar-refractivity contribution in [1.82, 2.24) is 4.98 Å². The maximum absolute atomic E-state index is 9.93. The lowest BCUT2D eigenvalue weighted by Gasteiger charge is -2.07. The molecule has 1 unspecified atom stereocenters. The summed E-state index contributed by atoms with van der Waals surface area (Å²) in [7, 11) is 0. The summed E-state index contributed by atoms with van der Waals surface area (Å²) < 4.78 is 1.01. The number of nitrogens with zero attached hydrogens (tertiary/aromatic N) is 1. The Labute approximate surface area is 94.4 Å². The molecule has 1 atom stereocenters. The number of thiazole rings is 1. The van der Waals surface area contributed by atoms with Gasteiger partial charge in [-0.3, -0.25) is 4.98 Å². The predicted molar refractivity (Wildman–Crippen MR) is 60.3 cm³/mol. The third-order valence-corrected chi connectivity index (χ3v) is 3.26. The molecular weight excluding hydrogens is 262 g/mol. The predicted octanol–water partition coefficient (Wildman–Crippen LogP) is 2.99. The number of aliphatic hydroxyl groups excluding tert-OH is 1. The van der Waals surface area contributed by atoms with Gasteiger partial charge in [-0.1, -0.05) is 28.1 Å². The number of aliphatic hydroxyl groups is 1. The van der Waals surface area contributed by atoms with Gasteiger partial charge in [0.05, 0.1) is 10.4 Å². The molecule has 0 saturated heterocycles. The highest BCUT2D eigenvalue weighted by Gasteiger charge is 2.11. The zero-order valence-corrected chi connectivity index (χ0v) is 9.62. The molecule has 2 nitrogen and oxygen atoms in total. The van der Waals surface area contributed by atoms with Gasteiger partial charge in [0.1, 0.15) is 6.10 Å². The lowest BCUT2D eigenvalue weighted by Crippen LogP contribution is -1.96. The first kappa shape index (κ1) is 9.83. The van der Waals surface area contributed by atoms with E-state index in [0.717, 1.165) is 14.9 Å². The van der Waals surface area contributed by atoms with Crippen LogP contribution in [-0.2, 0) is 0 Å². The van der Waals surface area contributed by atoms with E-state index in [1.54, 1.807) is 11.7 Å². The van der Waals surface area contributed by atoms with Crippen molar-refractivity contribution in [2.75, 3.05) is 0 Å². The van der Waals surface area contributed by atoms with Crippen molar-refractivity contribution < 1.29 is 5.11 Å². The molecule has 1 N–H and O–H groups in total. The molecule has 0 amide bonds. The Hall–Kier alpha value is -0.710. The van der Waals surface area contributed by atoms with Crippen molar-refractivity contribution in [2.24, 2.45) is 0 Å². The molecule has 0 aliphatic carbocycles. The Kier molecular flexibility index (Phi) is 2.96. The van der Waals surface area contributed by atoms with E-state index in [0.29, 0.717) is 0 Å². The molecule has 0 aliphatic heterocycles. The van der Waals surface area contributed by atoms with E-state index in [4.69, 9.17) is 0 Å². The maximum atomic E-state index is 9.93. The molecule has 0 radical (unpaired) electrons. The van der Waals surface area contributed by atoms with Crippen molar-refractivity contribution >= 4 is 27.3 Å². The molecule has 0 saturated carbocycles. The third-order valence-electron chi connectivity index (χ3n) is 1.91. The van der Waals surface area contributed by atoms with E-state index in [2.05, 4.69) is 20.9 Å². The van der Waals surface area contributed by atoms with Gasteiger partial charge in [0.15, 0.2) is 0 Å². The highest BCUT2D eigenvalue weighted by atomic mass is 79.9. The monoisotopic (exact) mass is 269 g/mol. The molecule has 0 fully saturated rings. The van der Waals surface area contributed by atoms with Crippen LogP contribution in [-0.4, -0.2) is 10.1 Å². The fraction of sp³-hybridized carbons (Fsp3) is 0.100. The second-order valence-corrected chi connectivity index (χ2v) is 4.69. The molecular formula is C10H8BrNOS. The first-order valence-corrected chi connectivity index (χ1v) is 5.76. The second kappa shape index (κ2) is 4.21. The first-order valence-electron chi connectivity index (χ1n) is 4.09. The SMILES string of the molecule is OC(c1ccc(Br)cc1)c1cncs1. The van der Waals surface area contributed by atoms with E-state index < -0.39 is 6.10 Å². The summed E-state index contributed by atoms with van der Waals surface area (Å²) in [6, 6.07) is 7.63. The molecule has 0 spiro atoms. The highest BCUT2D eigenvalue weighted by molar-refractivity contribution is 9.10. The van der Waals surface area contributed by atoms with Gasteiger partial charge >= 0.3 is 0 Å². The van der Waals surface area contributed by atoms with Crippen LogP contribution >= 0.6 is 27.3 Å². The van der Waals surface area contributed by atoms with Crippen molar-refractivity contribution in [3.8, 4) is 0 Å². The van der Waals surface area contributed by atoms with Gasteiger partial charge in [0.25, 0.3) is 0 Å². The standard InChI is InChI=1S/C10H8BrNOS/c11-8-3-1-7(2-4-8)10(13)9-5-12-6-14-9/h1-6,10,13H. The van der Waals surface area contributed by atoms with Crippen LogP contribution in [0.1, 0.15) is 16.5 Å². The Balaban J connectivity index is 2.28. The van der Waals surface area contributed by atoms with E-state index in [-0.39, 0.29) is 0 Å². The van der Waals surface area contributed by atoms with Crippen molar-refractivity contribution in [3.63, 3.8) is 0 Å². The van der Waals surface area contributed by atoms with Crippen molar-refractivity contribution in [1.29, 1.82) is 0 Å². The van der Waals surface area contributed by atoms with Crippen LogP contribution in [0.2, 0.25) is 0 Å². The van der Waals surface area contributed by atoms with Gasteiger partial charge in [-0.05, 0) is 17.7 Å².